The molecule has 0 bridgehead atoms. The third-order valence-corrected chi connectivity index (χ3v) is 3.14. The van der Waals surface area contributed by atoms with Crippen LogP contribution in [0.25, 0.3) is 0 Å². The van der Waals surface area contributed by atoms with Crippen LogP contribution in [-0.4, -0.2) is 0 Å². The SMILES string of the molecule is CCCCC/C(CCCC)=C(/C)CCC. The second kappa shape index (κ2) is 10.3. The first kappa shape index (κ1) is 14.7. The molecule has 0 radical (unpaired) electrons. The molecule has 0 aromatic rings. The number of unbranched alkanes of at least 4 members (excludes halogenated alkanes) is 3. The summed E-state index contributed by atoms with van der Waals surface area (Å²) in [5, 5.41) is 0. The van der Waals surface area contributed by atoms with Crippen LogP contribution in [0.1, 0.15) is 85.5 Å². The van der Waals surface area contributed by atoms with Crippen molar-refractivity contribution in [3.63, 3.8) is 0 Å². The van der Waals surface area contributed by atoms with Crippen molar-refractivity contribution in [2.45, 2.75) is 85.5 Å². The van der Waals surface area contributed by atoms with Crippen molar-refractivity contribution in [1.29, 1.82) is 0 Å². The molecule has 0 aliphatic carbocycles. The van der Waals surface area contributed by atoms with Gasteiger partial charge in [-0.3, -0.25) is 0 Å². The van der Waals surface area contributed by atoms with Crippen LogP contribution in [0.5, 0.6) is 0 Å². The first-order valence-electron chi connectivity index (χ1n) is 6.93. The molecule has 0 aliphatic rings. The predicted molar refractivity (Wildman–Crippen MR) is 71.3 cm³/mol. The van der Waals surface area contributed by atoms with Crippen LogP contribution in [0.15, 0.2) is 11.1 Å². The molecule has 0 N–H and O–H groups in total. The number of allylic oxidation sites excluding steroid dienone is 2. The van der Waals surface area contributed by atoms with Gasteiger partial charge in [0.2, 0.25) is 0 Å². The summed E-state index contributed by atoms with van der Waals surface area (Å²) in [5.74, 6) is 0. The van der Waals surface area contributed by atoms with Gasteiger partial charge in [-0.2, -0.15) is 0 Å². The molecule has 0 amide bonds. The van der Waals surface area contributed by atoms with E-state index < -0.39 is 0 Å². The van der Waals surface area contributed by atoms with E-state index >= 15 is 0 Å². The van der Waals surface area contributed by atoms with Gasteiger partial charge in [-0.1, -0.05) is 57.6 Å². The molecule has 0 aliphatic heterocycles. The van der Waals surface area contributed by atoms with Crippen molar-refractivity contribution in [2.75, 3.05) is 0 Å². The van der Waals surface area contributed by atoms with Crippen molar-refractivity contribution in [3.05, 3.63) is 11.1 Å². The van der Waals surface area contributed by atoms with E-state index in [4.69, 9.17) is 0 Å². The molecule has 0 rings (SSSR count). The van der Waals surface area contributed by atoms with Gasteiger partial charge in [-0.05, 0) is 39.0 Å². The van der Waals surface area contributed by atoms with Gasteiger partial charge < -0.3 is 0 Å². The second-order valence-electron chi connectivity index (χ2n) is 4.69. The highest BCUT2D eigenvalue weighted by Gasteiger charge is 2.02. The van der Waals surface area contributed by atoms with Gasteiger partial charge in [0.25, 0.3) is 0 Å². The molecule has 0 unspecified atom stereocenters. The molecule has 90 valence electrons. The molecular formula is C15H30. The van der Waals surface area contributed by atoms with Gasteiger partial charge in [0.1, 0.15) is 0 Å². The summed E-state index contributed by atoms with van der Waals surface area (Å²) in [7, 11) is 0. The zero-order valence-corrected chi connectivity index (χ0v) is 11.4. The first-order chi connectivity index (χ1) is 7.26. The Hall–Kier alpha value is -0.260. The molecule has 0 fully saturated rings. The molecule has 0 saturated heterocycles. The summed E-state index contributed by atoms with van der Waals surface area (Å²) in [5.41, 5.74) is 3.45. The smallest absolute Gasteiger partial charge is 0.0318 e. The molecule has 0 saturated carbocycles. The number of hydrogen-bond donors (Lipinski definition) is 0. The number of rotatable bonds is 9. The Labute approximate surface area is 97.2 Å². The van der Waals surface area contributed by atoms with E-state index in [0.717, 1.165) is 0 Å². The lowest BCUT2D eigenvalue weighted by atomic mass is 9.95. The molecule has 0 aromatic heterocycles. The standard InChI is InChI=1S/C15H30/c1-5-8-10-13-15(12-9-6-2)14(4)11-7-3/h5-13H2,1-4H3/b15-14-. The largest absolute Gasteiger partial charge is 0.0741 e. The summed E-state index contributed by atoms with van der Waals surface area (Å²) in [6, 6.07) is 0. The summed E-state index contributed by atoms with van der Waals surface area (Å²) >= 11 is 0. The maximum atomic E-state index is 2.35. The Kier molecular flexibility index (Phi) is 10.1. The third-order valence-electron chi connectivity index (χ3n) is 3.14. The number of hydrogen-bond acceptors (Lipinski definition) is 0. The van der Waals surface area contributed by atoms with Gasteiger partial charge in [0, 0.05) is 0 Å². The van der Waals surface area contributed by atoms with E-state index in [1.807, 2.05) is 0 Å². The maximum Gasteiger partial charge on any atom is -0.0318 e. The summed E-state index contributed by atoms with van der Waals surface area (Å²) in [6.07, 6.45) is 12.2. The van der Waals surface area contributed by atoms with Crippen molar-refractivity contribution < 1.29 is 0 Å². The highest BCUT2D eigenvalue weighted by Crippen LogP contribution is 2.22. The van der Waals surface area contributed by atoms with Crippen LogP contribution in [0.2, 0.25) is 0 Å². The molecular weight excluding hydrogens is 180 g/mol. The van der Waals surface area contributed by atoms with Crippen LogP contribution in [0, 0.1) is 0 Å². The Morgan fingerprint density at radius 3 is 1.80 bits per heavy atom. The summed E-state index contributed by atoms with van der Waals surface area (Å²) in [6.45, 7) is 9.21. The monoisotopic (exact) mass is 210 g/mol. The van der Waals surface area contributed by atoms with Crippen LogP contribution >= 0.6 is 0 Å². The Morgan fingerprint density at radius 2 is 1.27 bits per heavy atom. The minimum absolute atomic E-state index is 1.30. The molecule has 0 heterocycles. The lowest BCUT2D eigenvalue weighted by molar-refractivity contribution is 0.665. The van der Waals surface area contributed by atoms with Crippen molar-refractivity contribution in [3.8, 4) is 0 Å². The Morgan fingerprint density at radius 1 is 0.667 bits per heavy atom. The van der Waals surface area contributed by atoms with E-state index in [-0.39, 0.29) is 0 Å². The molecule has 0 aromatic carbocycles. The van der Waals surface area contributed by atoms with Crippen LogP contribution in [0.3, 0.4) is 0 Å². The van der Waals surface area contributed by atoms with Gasteiger partial charge in [-0.25, -0.2) is 0 Å². The average Bonchev–Trinajstić information content (AvgIpc) is 2.23. The van der Waals surface area contributed by atoms with E-state index in [1.165, 1.54) is 57.8 Å². The lowest BCUT2D eigenvalue weighted by Gasteiger charge is -2.11. The lowest BCUT2D eigenvalue weighted by Crippen LogP contribution is -1.91. The van der Waals surface area contributed by atoms with Crippen LogP contribution in [0.4, 0.5) is 0 Å². The van der Waals surface area contributed by atoms with Crippen molar-refractivity contribution >= 4 is 0 Å². The summed E-state index contributed by atoms with van der Waals surface area (Å²) < 4.78 is 0. The summed E-state index contributed by atoms with van der Waals surface area (Å²) in [4.78, 5) is 0. The zero-order chi connectivity index (χ0) is 11.5. The normalized spacial score (nSPS) is 12.8. The van der Waals surface area contributed by atoms with Crippen LogP contribution < -0.4 is 0 Å². The highest BCUT2D eigenvalue weighted by atomic mass is 14.1. The molecule has 0 atom stereocenters. The quantitative estimate of drug-likeness (QED) is 0.329. The molecule has 15 heavy (non-hydrogen) atoms. The fourth-order valence-corrected chi connectivity index (χ4v) is 2.08. The fourth-order valence-electron chi connectivity index (χ4n) is 2.08. The van der Waals surface area contributed by atoms with Gasteiger partial charge in [0.15, 0.2) is 0 Å². The molecule has 0 heteroatoms. The van der Waals surface area contributed by atoms with E-state index in [0.29, 0.717) is 0 Å². The third kappa shape index (κ3) is 7.64. The van der Waals surface area contributed by atoms with Crippen molar-refractivity contribution in [2.24, 2.45) is 0 Å². The average molecular weight is 210 g/mol. The highest BCUT2D eigenvalue weighted by molar-refractivity contribution is 5.12. The molecule has 0 nitrogen and oxygen atoms in total. The fraction of sp³-hybridized carbons (Fsp3) is 0.867. The minimum Gasteiger partial charge on any atom is -0.0741 e. The maximum absolute atomic E-state index is 2.35. The van der Waals surface area contributed by atoms with Gasteiger partial charge in [-0.15, -0.1) is 0 Å². The van der Waals surface area contributed by atoms with Gasteiger partial charge >= 0.3 is 0 Å². The second-order valence-corrected chi connectivity index (χ2v) is 4.69. The minimum atomic E-state index is 1.30. The Bertz CT molecular complexity index is 165. The van der Waals surface area contributed by atoms with Gasteiger partial charge in [0.05, 0.1) is 0 Å². The predicted octanol–water partition coefficient (Wildman–Crippen LogP) is 5.87. The van der Waals surface area contributed by atoms with Crippen molar-refractivity contribution in [1.82, 2.24) is 0 Å². The topological polar surface area (TPSA) is 0 Å². The Balaban J connectivity index is 4.09. The van der Waals surface area contributed by atoms with E-state index in [9.17, 15) is 0 Å². The zero-order valence-electron chi connectivity index (χ0n) is 11.4. The first-order valence-corrected chi connectivity index (χ1v) is 6.93. The molecule has 0 spiro atoms. The van der Waals surface area contributed by atoms with E-state index in [1.54, 1.807) is 11.1 Å². The van der Waals surface area contributed by atoms with E-state index in [2.05, 4.69) is 27.7 Å². The van der Waals surface area contributed by atoms with Crippen LogP contribution in [-0.2, 0) is 0 Å².